The first-order valence-electron chi connectivity index (χ1n) is 6.52. The molecule has 2 rings (SSSR count). The Kier molecular flexibility index (Phi) is 3.95. The van der Waals surface area contributed by atoms with Gasteiger partial charge < -0.3 is 5.32 Å². The Morgan fingerprint density at radius 2 is 1.79 bits per heavy atom. The minimum Gasteiger partial charge on any atom is -0.302 e. The number of nitrogens with zero attached hydrogens (tertiary/aromatic N) is 4. The van der Waals surface area contributed by atoms with Gasteiger partial charge in [-0.25, -0.2) is 0 Å². The molecule has 0 spiro atoms. The summed E-state index contributed by atoms with van der Waals surface area (Å²) in [6.45, 7) is 8.32. The SMILES string of the molecule is Cc1nccnc1C(C)NC(C)c1cnn(C)c1C. The second-order valence-electron chi connectivity index (χ2n) is 4.95. The smallest absolute Gasteiger partial charge is 0.0782 e. The van der Waals surface area contributed by atoms with Gasteiger partial charge in [-0.15, -0.1) is 0 Å². The topological polar surface area (TPSA) is 55.6 Å². The molecular weight excluding hydrogens is 238 g/mol. The van der Waals surface area contributed by atoms with E-state index in [2.05, 4.69) is 41.2 Å². The maximum absolute atomic E-state index is 4.41. The van der Waals surface area contributed by atoms with Crippen LogP contribution in [0.3, 0.4) is 0 Å². The molecule has 2 unspecified atom stereocenters. The number of rotatable bonds is 4. The highest BCUT2D eigenvalue weighted by atomic mass is 15.3. The van der Waals surface area contributed by atoms with Gasteiger partial charge in [-0.1, -0.05) is 0 Å². The zero-order chi connectivity index (χ0) is 14.0. The molecule has 102 valence electrons. The van der Waals surface area contributed by atoms with E-state index in [1.165, 1.54) is 11.3 Å². The quantitative estimate of drug-likeness (QED) is 0.915. The molecule has 0 bridgehead atoms. The molecule has 0 aliphatic rings. The number of aryl methyl sites for hydroxylation is 2. The van der Waals surface area contributed by atoms with Crippen LogP contribution in [0.2, 0.25) is 0 Å². The summed E-state index contributed by atoms with van der Waals surface area (Å²) >= 11 is 0. The van der Waals surface area contributed by atoms with Crippen LogP contribution < -0.4 is 5.32 Å². The van der Waals surface area contributed by atoms with E-state index in [-0.39, 0.29) is 12.1 Å². The van der Waals surface area contributed by atoms with Crippen LogP contribution in [-0.4, -0.2) is 19.7 Å². The number of hydrogen-bond donors (Lipinski definition) is 1. The lowest BCUT2D eigenvalue weighted by Crippen LogP contribution is -2.24. The average molecular weight is 259 g/mol. The van der Waals surface area contributed by atoms with Crippen molar-refractivity contribution in [1.82, 2.24) is 25.1 Å². The lowest BCUT2D eigenvalue weighted by atomic mass is 10.1. The van der Waals surface area contributed by atoms with Gasteiger partial charge in [0.25, 0.3) is 0 Å². The number of hydrogen-bond acceptors (Lipinski definition) is 4. The highest BCUT2D eigenvalue weighted by Crippen LogP contribution is 2.21. The number of aromatic nitrogens is 4. The fourth-order valence-corrected chi connectivity index (χ4v) is 2.33. The van der Waals surface area contributed by atoms with Crippen LogP contribution in [0, 0.1) is 13.8 Å². The van der Waals surface area contributed by atoms with Crippen molar-refractivity contribution in [2.45, 2.75) is 39.8 Å². The van der Waals surface area contributed by atoms with Crippen LogP contribution >= 0.6 is 0 Å². The van der Waals surface area contributed by atoms with Crippen molar-refractivity contribution < 1.29 is 0 Å². The molecule has 5 heteroatoms. The first-order chi connectivity index (χ1) is 9.00. The van der Waals surface area contributed by atoms with Gasteiger partial charge in [0, 0.05) is 42.8 Å². The van der Waals surface area contributed by atoms with Crippen molar-refractivity contribution in [1.29, 1.82) is 0 Å². The van der Waals surface area contributed by atoms with Crippen LogP contribution in [0.25, 0.3) is 0 Å². The standard InChI is InChI=1S/C14H21N5/c1-9(13-8-17-19(5)12(13)4)18-11(3)14-10(2)15-6-7-16-14/h6-9,11,18H,1-5H3. The largest absolute Gasteiger partial charge is 0.302 e. The molecule has 2 heterocycles. The van der Waals surface area contributed by atoms with E-state index in [1.54, 1.807) is 12.4 Å². The Balaban J connectivity index is 2.13. The predicted molar refractivity (Wildman–Crippen MR) is 74.7 cm³/mol. The average Bonchev–Trinajstić information content (AvgIpc) is 2.70. The minimum absolute atomic E-state index is 0.156. The van der Waals surface area contributed by atoms with Crippen LogP contribution in [0.15, 0.2) is 18.6 Å². The van der Waals surface area contributed by atoms with Crippen LogP contribution in [0.1, 0.15) is 48.6 Å². The van der Waals surface area contributed by atoms with E-state index in [9.17, 15) is 0 Å². The van der Waals surface area contributed by atoms with Gasteiger partial charge in [0.1, 0.15) is 0 Å². The Labute approximate surface area is 114 Å². The van der Waals surface area contributed by atoms with E-state index in [4.69, 9.17) is 0 Å². The van der Waals surface area contributed by atoms with Gasteiger partial charge in [-0.3, -0.25) is 14.6 Å². The molecule has 0 amide bonds. The van der Waals surface area contributed by atoms with Crippen LogP contribution in [0.4, 0.5) is 0 Å². The summed E-state index contributed by atoms with van der Waals surface area (Å²) in [4.78, 5) is 8.69. The van der Waals surface area contributed by atoms with Gasteiger partial charge in [0.05, 0.1) is 17.6 Å². The summed E-state index contributed by atoms with van der Waals surface area (Å²) in [5, 5.41) is 7.84. The molecule has 19 heavy (non-hydrogen) atoms. The van der Waals surface area contributed by atoms with Gasteiger partial charge in [0.2, 0.25) is 0 Å². The van der Waals surface area contributed by atoms with Crippen LogP contribution in [-0.2, 0) is 7.05 Å². The van der Waals surface area contributed by atoms with Crippen molar-refractivity contribution in [3.8, 4) is 0 Å². The molecule has 2 aromatic heterocycles. The molecule has 2 atom stereocenters. The molecule has 0 saturated carbocycles. The van der Waals surface area contributed by atoms with E-state index in [0.29, 0.717) is 0 Å². The molecule has 0 fully saturated rings. The maximum Gasteiger partial charge on any atom is 0.0782 e. The van der Waals surface area contributed by atoms with Gasteiger partial charge in [0.15, 0.2) is 0 Å². The Hall–Kier alpha value is -1.75. The van der Waals surface area contributed by atoms with E-state index < -0.39 is 0 Å². The van der Waals surface area contributed by atoms with Crippen molar-refractivity contribution in [3.05, 3.63) is 41.2 Å². The lowest BCUT2D eigenvalue weighted by molar-refractivity contribution is 0.481. The molecule has 0 saturated heterocycles. The summed E-state index contributed by atoms with van der Waals surface area (Å²) in [6, 6.07) is 0.383. The fraction of sp³-hybridized carbons (Fsp3) is 0.500. The van der Waals surface area contributed by atoms with Gasteiger partial charge in [-0.2, -0.15) is 5.10 Å². The minimum atomic E-state index is 0.156. The Bertz CT molecular complexity index is 561. The van der Waals surface area contributed by atoms with Crippen molar-refractivity contribution >= 4 is 0 Å². The summed E-state index contributed by atoms with van der Waals surface area (Å²) in [7, 11) is 1.96. The van der Waals surface area contributed by atoms with Crippen molar-refractivity contribution in [3.63, 3.8) is 0 Å². The second-order valence-corrected chi connectivity index (χ2v) is 4.95. The highest BCUT2D eigenvalue weighted by Gasteiger charge is 2.17. The molecule has 0 aliphatic carbocycles. The first-order valence-corrected chi connectivity index (χ1v) is 6.52. The molecule has 2 aromatic rings. The normalized spacial score (nSPS) is 14.4. The Morgan fingerprint density at radius 1 is 1.11 bits per heavy atom. The molecule has 1 N–H and O–H groups in total. The summed E-state index contributed by atoms with van der Waals surface area (Å²) in [6.07, 6.45) is 5.38. The third kappa shape index (κ3) is 2.81. The molecule has 0 aliphatic heterocycles. The molecule has 5 nitrogen and oxygen atoms in total. The zero-order valence-electron chi connectivity index (χ0n) is 12.2. The summed E-state index contributed by atoms with van der Waals surface area (Å²) in [5.41, 5.74) is 4.37. The van der Waals surface area contributed by atoms with E-state index in [0.717, 1.165) is 11.4 Å². The Morgan fingerprint density at radius 3 is 2.37 bits per heavy atom. The number of nitrogens with one attached hydrogen (secondary N) is 1. The van der Waals surface area contributed by atoms with Crippen molar-refractivity contribution in [2.75, 3.05) is 0 Å². The van der Waals surface area contributed by atoms with Crippen molar-refractivity contribution in [2.24, 2.45) is 7.05 Å². The van der Waals surface area contributed by atoms with Crippen LogP contribution in [0.5, 0.6) is 0 Å². The van der Waals surface area contributed by atoms with Gasteiger partial charge >= 0.3 is 0 Å². The molecular formula is C14H21N5. The van der Waals surface area contributed by atoms with Gasteiger partial charge in [-0.05, 0) is 27.7 Å². The third-order valence-corrected chi connectivity index (χ3v) is 3.57. The van der Waals surface area contributed by atoms with E-state index >= 15 is 0 Å². The highest BCUT2D eigenvalue weighted by molar-refractivity contribution is 5.21. The zero-order valence-corrected chi connectivity index (χ0v) is 12.2. The fourth-order valence-electron chi connectivity index (χ4n) is 2.33. The molecule has 0 aromatic carbocycles. The second kappa shape index (κ2) is 5.48. The summed E-state index contributed by atoms with van der Waals surface area (Å²) < 4.78 is 1.89. The first kappa shape index (κ1) is 13.7. The molecule has 0 radical (unpaired) electrons. The van der Waals surface area contributed by atoms with E-state index in [1.807, 2.05) is 24.9 Å². The third-order valence-electron chi connectivity index (χ3n) is 3.57. The maximum atomic E-state index is 4.41. The monoisotopic (exact) mass is 259 g/mol. The lowest BCUT2D eigenvalue weighted by Gasteiger charge is -2.20. The predicted octanol–water partition coefficient (Wildman–Crippen LogP) is 2.24. The summed E-state index contributed by atoms with van der Waals surface area (Å²) in [5.74, 6) is 0.